The molecule has 2 aromatic heterocycles. The standard InChI is InChI=1S/C12H9NS2/c1-9-2-3-11(15-9)4-5-12-10(8-13)6-7-14-12/h2-7H,1H3/b5-4+. The van der Waals surface area contributed by atoms with E-state index >= 15 is 0 Å². The van der Waals surface area contributed by atoms with Crippen molar-refractivity contribution in [3.8, 4) is 6.07 Å². The van der Waals surface area contributed by atoms with Crippen molar-refractivity contribution in [2.75, 3.05) is 0 Å². The van der Waals surface area contributed by atoms with Gasteiger partial charge in [0.1, 0.15) is 6.07 Å². The van der Waals surface area contributed by atoms with E-state index in [0.717, 1.165) is 10.4 Å². The van der Waals surface area contributed by atoms with Crippen LogP contribution in [-0.2, 0) is 0 Å². The van der Waals surface area contributed by atoms with E-state index in [0.29, 0.717) is 0 Å². The van der Waals surface area contributed by atoms with E-state index in [1.54, 1.807) is 22.7 Å². The number of thiophene rings is 2. The molecule has 0 saturated heterocycles. The lowest BCUT2D eigenvalue weighted by Crippen LogP contribution is -1.69. The summed E-state index contributed by atoms with van der Waals surface area (Å²) in [4.78, 5) is 3.56. The summed E-state index contributed by atoms with van der Waals surface area (Å²) >= 11 is 3.35. The van der Waals surface area contributed by atoms with Gasteiger partial charge < -0.3 is 0 Å². The van der Waals surface area contributed by atoms with E-state index < -0.39 is 0 Å². The predicted octanol–water partition coefficient (Wildman–Crippen LogP) is 4.16. The quantitative estimate of drug-likeness (QED) is 0.761. The SMILES string of the molecule is Cc1ccc(/C=C/c2sccc2C#N)s1. The third kappa shape index (κ3) is 2.35. The van der Waals surface area contributed by atoms with Crippen LogP contribution in [0.4, 0.5) is 0 Å². The molecule has 0 aliphatic heterocycles. The van der Waals surface area contributed by atoms with Crippen LogP contribution in [0.3, 0.4) is 0 Å². The summed E-state index contributed by atoms with van der Waals surface area (Å²) in [5.74, 6) is 0. The average Bonchev–Trinajstić information content (AvgIpc) is 2.83. The molecular formula is C12H9NS2. The molecule has 0 spiro atoms. The van der Waals surface area contributed by atoms with Gasteiger partial charge in [-0.05, 0) is 42.7 Å². The maximum atomic E-state index is 8.83. The van der Waals surface area contributed by atoms with Crippen LogP contribution < -0.4 is 0 Å². The number of aryl methyl sites for hydroxylation is 1. The number of hydrogen-bond donors (Lipinski definition) is 0. The molecular weight excluding hydrogens is 222 g/mol. The molecule has 0 unspecified atom stereocenters. The highest BCUT2D eigenvalue weighted by Crippen LogP contribution is 2.21. The van der Waals surface area contributed by atoms with Gasteiger partial charge in [-0.15, -0.1) is 22.7 Å². The third-order valence-corrected chi connectivity index (χ3v) is 3.82. The molecule has 0 saturated carbocycles. The summed E-state index contributed by atoms with van der Waals surface area (Å²) in [5, 5.41) is 10.8. The molecule has 0 atom stereocenters. The van der Waals surface area contributed by atoms with Gasteiger partial charge in [0.25, 0.3) is 0 Å². The minimum Gasteiger partial charge on any atom is -0.192 e. The topological polar surface area (TPSA) is 23.8 Å². The highest BCUT2D eigenvalue weighted by molar-refractivity contribution is 7.13. The van der Waals surface area contributed by atoms with E-state index in [2.05, 4.69) is 31.2 Å². The van der Waals surface area contributed by atoms with Gasteiger partial charge in [-0.2, -0.15) is 5.26 Å². The smallest absolute Gasteiger partial charge is 0.101 e. The van der Waals surface area contributed by atoms with Crippen molar-refractivity contribution in [2.24, 2.45) is 0 Å². The Labute approximate surface area is 96.9 Å². The van der Waals surface area contributed by atoms with Gasteiger partial charge in [0.2, 0.25) is 0 Å². The molecule has 0 radical (unpaired) electrons. The minimum atomic E-state index is 0.754. The first-order chi connectivity index (χ1) is 7.29. The molecule has 0 bridgehead atoms. The van der Waals surface area contributed by atoms with Crippen LogP contribution in [0, 0.1) is 18.3 Å². The first kappa shape index (κ1) is 10.2. The van der Waals surface area contributed by atoms with Gasteiger partial charge in [-0.3, -0.25) is 0 Å². The minimum absolute atomic E-state index is 0.754. The van der Waals surface area contributed by atoms with E-state index in [4.69, 9.17) is 5.26 Å². The summed E-state index contributed by atoms with van der Waals surface area (Å²) in [6, 6.07) is 8.23. The molecule has 15 heavy (non-hydrogen) atoms. The Morgan fingerprint density at radius 2 is 2.13 bits per heavy atom. The van der Waals surface area contributed by atoms with Crippen molar-refractivity contribution in [1.29, 1.82) is 5.26 Å². The van der Waals surface area contributed by atoms with Gasteiger partial charge in [0.05, 0.1) is 5.56 Å². The fourth-order valence-corrected chi connectivity index (χ4v) is 2.76. The molecule has 2 aromatic rings. The van der Waals surface area contributed by atoms with Crippen LogP contribution in [0.25, 0.3) is 12.2 Å². The number of hydrogen-bond acceptors (Lipinski definition) is 3. The number of nitriles is 1. The molecule has 3 heteroatoms. The van der Waals surface area contributed by atoms with Crippen molar-refractivity contribution in [1.82, 2.24) is 0 Å². The first-order valence-electron chi connectivity index (χ1n) is 4.52. The van der Waals surface area contributed by atoms with Crippen LogP contribution in [0.5, 0.6) is 0 Å². The molecule has 0 aliphatic carbocycles. The summed E-state index contributed by atoms with van der Waals surface area (Å²) < 4.78 is 0. The Morgan fingerprint density at radius 1 is 1.27 bits per heavy atom. The second-order valence-corrected chi connectivity index (χ2v) is 5.36. The summed E-state index contributed by atoms with van der Waals surface area (Å²) in [6.45, 7) is 2.09. The molecule has 0 N–H and O–H groups in total. The Morgan fingerprint density at radius 3 is 2.80 bits per heavy atom. The zero-order valence-electron chi connectivity index (χ0n) is 8.23. The fourth-order valence-electron chi connectivity index (χ4n) is 1.24. The second-order valence-electron chi connectivity index (χ2n) is 3.09. The average molecular weight is 231 g/mol. The normalized spacial score (nSPS) is 10.7. The molecule has 0 aliphatic rings. The fraction of sp³-hybridized carbons (Fsp3) is 0.0833. The molecule has 2 rings (SSSR count). The first-order valence-corrected chi connectivity index (χ1v) is 6.21. The van der Waals surface area contributed by atoms with Gasteiger partial charge in [0.15, 0.2) is 0 Å². The lowest BCUT2D eigenvalue weighted by atomic mass is 10.2. The summed E-state index contributed by atoms with van der Waals surface area (Å²) in [6.07, 6.45) is 4.07. The van der Waals surface area contributed by atoms with Crippen molar-refractivity contribution in [3.05, 3.63) is 43.8 Å². The van der Waals surface area contributed by atoms with Crippen molar-refractivity contribution in [2.45, 2.75) is 6.92 Å². The number of nitrogens with zero attached hydrogens (tertiary/aromatic N) is 1. The highest BCUT2D eigenvalue weighted by atomic mass is 32.1. The molecule has 0 fully saturated rings. The highest BCUT2D eigenvalue weighted by Gasteiger charge is 1.99. The van der Waals surface area contributed by atoms with E-state index in [1.807, 2.05) is 17.5 Å². The van der Waals surface area contributed by atoms with Crippen molar-refractivity contribution < 1.29 is 0 Å². The Balaban J connectivity index is 2.22. The van der Waals surface area contributed by atoms with Crippen LogP contribution in [-0.4, -0.2) is 0 Å². The lowest BCUT2D eigenvalue weighted by molar-refractivity contribution is 1.50. The molecule has 1 nitrogen and oxygen atoms in total. The molecule has 74 valence electrons. The van der Waals surface area contributed by atoms with Gasteiger partial charge in [-0.25, -0.2) is 0 Å². The largest absolute Gasteiger partial charge is 0.192 e. The molecule has 0 aromatic carbocycles. The van der Waals surface area contributed by atoms with E-state index in [1.165, 1.54) is 9.75 Å². The third-order valence-electron chi connectivity index (χ3n) is 1.98. The summed E-state index contributed by atoms with van der Waals surface area (Å²) in [5.41, 5.74) is 0.754. The molecule has 0 amide bonds. The second kappa shape index (κ2) is 4.43. The summed E-state index contributed by atoms with van der Waals surface area (Å²) in [7, 11) is 0. The lowest BCUT2D eigenvalue weighted by Gasteiger charge is -1.86. The van der Waals surface area contributed by atoms with Crippen LogP contribution in [0.1, 0.15) is 20.2 Å². The van der Waals surface area contributed by atoms with Crippen molar-refractivity contribution >= 4 is 34.8 Å². The maximum absolute atomic E-state index is 8.83. The van der Waals surface area contributed by atoms with Gasteiger partial charge in [-0.1, -0.05) is 0 Å². The van der Waals surface area contributed by atoms with Gasteiger partial charge in [0, 0.05) is 14.6 Å². The zero-order chi connectivity index (χ0) is 10.7. The van der Waals surface area contributed by atoms with Crippen LogP contribution >= 0.6 is 22.7 Å². The molecule has 2 heterocycles. The van der Waals surface area contributed by atoms with E-state index in [9.17, 15) is 0 Å². The Bertz CT molecular complexity index is 526. The van der Waals surface area contributed by atoms with Gasteiger partial charge >= 0.3 is 0 Å². The maximum Gasteiger partial charge on any atom is 0.101 e. The Kier molecular flexibility index (Phi) is 3.00. The monoisotopic (exact) mass is 231 g/mol. The van der Waals surface area contributed by atoms with E-state index in [-0.39, 0.29) is 0 Å². The van der Waals surface area contributed by atoms with Crippen molar-refractivity contribution in [3.63, 3.8) is 0 Å². The zero-order valence-corrected chi connectivity index (χ0v) is 9.86. The van der Waals surface area contributed by atoms with Crippen LogP contribution in [0.15, 0.2) is 23.6 Å². The Hall–Kier alpha value is -1.37. The predicted molar refractivity (Wildman–Crippen MR) is 67.0 cm³/mol. The van der Waals surface area contributed by atoms with Crippen LogP contribution in [0.2, 0.25) is 0 Å². The number of rotatable bonds is 2.